The highest BCUT2D eigenvalue weighted by atomic mass is 16.5. The second-order valence-electron chi connectivity index (χ2n) is 6.35. The molecule has 1 N–H and O–H groups in total. The topological polar surface area (TPSA) is 71.8 Å². The molecule has 28 heavy (non-hydrogen) atoms. The molecular formula is C22H22N2O4. The van der Waals surface area contributed by atoms with Crippen molar-refractivity contribution in [2.45, 2.75) is 6.92 Å². The van der Waals surface area contributed by atoms with Crippen LogP contribution in [-0.2, 0) is 0 Å². The number of carbonyl (C=O) groups is 2. The lowest BCUT2D eigenvalue weighted by atomic mass is 10.2. The minimum atomic E-state index is -0.338. The molecule has 0 radical (unpaired) electrons. The van der Waals surface area contributed by atoms with Gasteiger partial charge in [-0.2, -0.15) is 0 Å². The number of rotatable bonds is 7. The molecule has 0 aliphatic carbocycles. The van der Waals surface area contributed by atoms with Crippen molar-refractivity contribution in [3.05, 3.63) is 83.8 Å². The first-order valence-corrected chi connectivity index (χ1v) is 8.93. The molecule has 0 bridgehead atoms. The number of nitrogens with one attached hydrogen (secondary N) is 1. The number of amides is 2. The van der Waals surface area contributed by atoms with E-state index < -0.39 is 0 Å². The molecule has 0 saturated heterocycles. The van der Waals surface area contributed by atoms with Gasteiger partial charge in [0.25, 0.3) is 11.8 Å². The third-order valence-corrected chi connectivity index (χ3v) is 4.26. The standard InChI is InChI=1S/C22H22N2O4/c1-16-6-3-4-7-19(16)28-15-13-24(2)22(26)17-9-11-18(12-10-17)23-21(25)20-8-5-14-27-20/h3-12,14H,13,15H2,1-2H3,(H,23,25). The second-order valence-corrected chi connectivity index (χ2v) is 6.35. The van der Waals surface area contributed by atoms with E-state index in [1.165, 1.54) is 6.26 Å². The van der Waals surface area contributed by atoms with Gasteiger partial charge in [0.15, 0.2) is 5.76 Å². The first-order chi connectivity index (χ1) is 13.5. The minimum absolute atomic E-state index is 0.114. The molecule has 0 spiro atoms. The summed E-state index contributed by atoms with van der Waals surface area (Å²) >= 11 is 0. The van der Waals surface area contributed by atoms with Crippen LogP contribution in [0.5, 0.6) is 5.75 Å². The number of hydrogen-bond donors (Lipinski definition) is 1. The third-order valence-electron chi connectivity index (χ3n) is 4.26. The lowest BCUT2D eigenvalue weighted by Gasteiger charge is -2.18. The summed E-state index contributed by atoms with van der Waals surface area (Å²) in [7, 11) is 1.73. The number of nitrogens with zero attached hydrogens (tertiary/aromatic N) is 1. The normalized spacial score (nSPS) is 10.4. The molecule has 0 fully saturated rings. The smallest absolute Gasteiger partial charge is 0.291 e. The zero-order valence-corrected chi connectivity index (χ0v) is 15.8. The predicted molar refractivity (Wildman–Crippen MR) is 107 cm³/mol. The SMILES string of the molecule is Cc1ccccc1OCCN(C)C(=O)c1ccc(NC(=O)c2ccco2)cc1. The molecule has 0 saturated carbocycles. The van der Waals surface area contributed by atoms with Gasteiger partial charge in [0.2, 0.25) is 0 Å². The lowest BCUT2D eigenvalue weighted by molar-refractivity contribution is 0.0773. The van der Waals surface area contributed by atoms with Gasteiger partial charge in [-0.15, -0.1) is 0 Å². The van der Waals surface area contributed by atoms with E-state index in [1.54, 1.807) is 48.3 Å². The van der Waals surface area contributed by atoms with Gasteiger partial charge in [-0.3, -0.25) is 9.59 Å². The van der Waals surface area contributed by atoms with Crippen molar-refractivity contribution in [2.75, 3.05) is 25.5 Å². The van der Waals surface area contributed by atoms with Crippen LogP contribution in [0.15, 0.2) is 71.3 Å². The molecule has 6 heteroatoms. The molecule has 0 unspecified atom stereocenters. The highest BCUT2D eigenvalue weighted by Crippen LogP contribution is 2.16. The molecule has 3 aromatic rings. The Morgan fingerprint density at radius 2 is 1.79 bits per heavy atom. The van der Waals surface area contributed by atoms with E-state index in [9.17, 15) is 9.59 Å². The molecule has 2 aromatic carbocycles. The number of aryl methyl sites for hydroxylation is 1. The number of anilines is 1. The molecule has 144 valence electrons. The summed E-state index contributed by atoms with van der Waals surface area (Å²) in [5.74, 6) is 0.598. The highest BCUT2D eigenvalue weighted by Gasteiger charge is 2.13. The van der Waals surface area contributed by atoms with Crippen LogP contribution in [-0.4, -0.2) is 36.9 Å². The zero-order valence-electron chi connectivity index (χ0n) is 15.8. The van der Waals surface area contributed by atoms with Crippen molar-refractivity contribution >= 4 is 17.5 Å². The van der Waals surface area contributed by atoms with Crippen molar-refractivity contribution in [1.29, 1.82) is 0 Å². The molecule has 3 rings (SSSR count). The average molecular weight is 378 g/mol. The Bertz CT molecular complexity index is 933. The van der Waals surface area contributed by atoms with E-state index in [2.05, 4.69) is 5.32 Å². The molecular weight excluding hydrogens is 356 g/mol. The number of hydrogen-bond acceptors (Lipinski definition) is 4. The fourth-order valence-electron chi connectivity index (χ4n) is 2.63. The summed E-state index contributed by atoms with van der Waals surface area (Å²) in [4.78, 5) is 26.1. The number of furan rings is 1. The van der Waals surface area contributed by atoms with E-state index in [0.717, 1.165) is 11.3 Å². The summed E-state index contributed by atoms with van der Waals surface area (Å²) in [5, 5.41) is 2.72. The van der Waals surface area contributed by atoms with Crippen LogP contribution < -0.4 is 10.1 Å². The fourth-order valence-corrected chi connectivity index (χ4v) is 2.63. The Kier molecular flexibility index (Phi) is 6.11. The largest absolute Gasteiger partial charge is 0.491 e. The van der Waals surface area contributed by atoms with Gasteiger partial charge in [0, 0.05) is 18.3 Å². The van der Waals surface area contributed by atoms with Gasteiger partial charge in [-0.1, -0.05) is 18.2 Å². The summed E-state index contributed by atoms with van der Waals surface area (Å²) in [5.41, 5.74) is 2.18. The van der Waals surface area contributed by atoms with Crippen LogP contribution in [0, 0.1) is 6.92 Å². The van der Waals surface area contributed by atoms with Gasteiger partial charge in [-0.05, 0) is 55.0 Å². The van der Waals surface area contributed by atoms with Crippen molar-refractivity contribution in [3.63, 3.8) is 0 Å². The van der Waals surface area contributed by atoms with E-state index in [0.29, 0.717) is 24.4 Å². The Hall–Kier alpha value is -3.54. The van der Waals surface area contributed by atoms with E-state index in [4.69, 9.17) is 9.15 Å². The Labute approximate surface area is 163 Å². The summed E-state index contributed by atoms with van der Waals surface area (Å²) < 4.78 is 10.8. The van der Waals surface area contributed by atoms with Crippen LogP contribution in [0.4, 0.5) is 5.69 Å². The van der Waals surface area contributed by atoms with Gasteiger partial charge in [0.1, 0.15) is 12.4 Å². The van der Waals surface area contributed by atoms with Crippen LogP contribution in [0.1, 0.15) is 26.5 Å². The van der Waals surface area contributed by atoms with Crippen molar-refractivity contribution < 1.29 is 18.7 Å². The Balaban J connectivity index is 1.52. The van der Waals surface area contributed by atoms with Crippen LogP contribution in [0.3, 0.4) is 0 Å². The molecule has 1 heterocycles. The maximum absolute atomic E-state index is 12.5. The molecule has 0 aliphatic heterocycles. The molecule has 0 aliphatic rings. The summed E-state index contributed by atoms with van der Waals surface area (Å²) in [6.07, 6.45) is 1.44. The van der Waals surface area contributed by atoms with E-state index in [1.807, 2.05) is 31.2 Å². The number of likely N-dealkylation sites (N-methyl/N-ethyl adjacent to an activating group) is 1. The molecule has 0 atom stereocenters. The van der Waals surface area contributed by atoms with Crippen molar-refractivity contribution in [3.8, 4) is 5.75 Å². The molecule has 1 aromatic heterocycles. The maximum atomic E-state index is 12.5. The fraction of sp³-hybridized carbons (Fsp3) is 0.182. The quantitative estimate of drug-likeness (QED) is 0.675. The number of para-hydroxylation sites is 1. The van der Waals surface area contributed by atoms with Crippen molar-refractivity contribution in [1.82, 2.24) is 4.90 Å². The molecule has 6 nitrogen and oxygen atoms in total. The third kappa shape index (κ3) is 4.79. The van der Waals surface area contributed by atoms with E-state index >= 15 is 0 Å². The summed E-state index contributed by atoms with van der Waals surface area (Å²) in [6, 6.07) is 17.7. The number of ether oxygens (including phenoxy) is 1. The predicted octanol–water partition coefficient (Wildman–Crippen LogP) is 3.99. The van der Waals surface area contributed by atoms with Gasteiger partial charge >= 0.3 is 0 Å². The van der Waals surface area contributed by atoms with Crippen LogP contribution in [0.2, 0.25) is 0 Å². The first-order valence-electron chi connectivity index (χ1n) is 8.93. The average Bonchev–Trinajstić information content (AvgIpc) is 3.24. The Morgan fingerprint density at radius 1 is 1.04 bits per heavy atom. The number of carbonyl (C=O) groups excluding carboxylic acids is 2. The lowest BCUT2D eigenvalue weighted by Crippen LogP contribution is -2.30. The Morgan fingerprint density at radius 3 is 2.46 bits per heavy atom. The number of benzene rings is 2. The van der Waals surface area contributed by atoms with Crippen molar-refractivity contribution in [2.24, 2.45) is 0 Å². The van der Waals surface area contributed by atoms with Gasteiger partial charge in [0.05, 0.1) is 12.8 Å². The zero-order chi connectivity index (χ0) is 19.9. The monoisotopic (exact) mass is 378 g/mol. The van der Waals surface area contributed by atoms with Crippen LogP contribution >= 0.6 is 0 Å². The molecule has 2 amide bonds. The summed E-state index contributed by atoms with van der Waals surface area (Å²) in [6.45, 7) is 2.85. The second kappa shape index (κ2) is 8.90. The van der Waals surface area contributed by atoms with E-state index in [-0.39, 0.29) is 17.6 Å². The maximum Gasteiger partial charge on any atom is 0.291 e. The first kappa shape index (κ1) is 19.2. The minimum Gasteiger partial charge on any atom is -0.491 e. The highest BCUT2D eigenvalue weighted by molar-refractivity contribution is 6.02. The van der Waals surface area contributed by atoms with Crippen LogP contribution in [0.25, 0.3) is 0 Å². The van der Waals surface area contributed by atoms with Gasteiger partial charge in [-0.25, -0.2) is 0 Å². The van der Waals surface area contributed by atoms with Gasteiger partial charge < -0.3 is 19.4 Å².